The molecule has 0 saturated heterocycles. The van der Waals surface area contributed by atoms with Crippen molar-refractivity contribution in [3.05, 3.63) is 47.3 Å². The number of aliphatic hydroxyl groups excluding tert-OH is 1. The maximum absolute atomic E-state index is 10.3. The highest BCUT2D eigenvalue weighted by Crippen LogP contribution is 2.20. The number of aryl methyl sites for hydroxylation is 2. The summed E-state index contributed by atoms with van der Waals surface area (Å²) in [5.41, 5.74) is 4.26. The van der Waals surface area contributed by atoms with Crippen molar-refractivity contribution in [2.24, 2.45) is 7.05 Å². The Labute approximate surface area is 126 Å². The molecule has 1 aromatic carbocycles. The summed E-state index contributed by atoms with van der Waals surface area (Å²) in [7, 11) is 1.91. The average Bonchev–Trinajstić information content (AvgIpc) is 2.85. The van der Waals surface area contributed by atoms with E-state index < -0.39 is 6.10 Å². The van der Waals surface area contributed by atoms with Gasteiger partial charge in [-0.1, -0.05) is 45.0 Å². The topological polar surface area (TPSA) is 50.1 Å². The summed E-state index contributed by atoms with van der Waals surface area (Å²) in [5.74, 6) is 0.511. The van der Waals surface area contributed by atoms with Gasteiger partial charge in [-0.25, -0.2) is 0 Å². The minimum absolute atomic E-state index is 0.486. The lowest BCUT2D eigenvalue weighted by molar-refractivity contribution is 0.191. The average molecular weight is 287 g/mol. The van der Waals surface area contributed by atoms with E-state index >= 15 is 0 Å². The van der Waals surface area contributed by atoms with E-state index in [9.17, 15) is 5.11 Å². The van der Waals surface area contributed by atoms with Crippen LogP contribution in [-0.2, 0) is 13.5 Å². The highest BCUT2D eigenvalue weighted by Gasteiger charge is 2.11. The molecule has 1 aromatic heterocycles. The van der Waals surface area contributed by atoms with Crippen LogP contribution in [0.2, 0.25) is 0 Å². The molecule has 0 aliphatic heterocycles. The molecule has 0 bridgehead atoms. The molecule has 0 spiro atoms. The monoisotopic (exact) mass is 287 g/mol. The maximum atomic E-state index is 10.3. The lowest BCUT2D eigenvalue weighted by atomic mass is 10.00. The minimum atomic E-state index is -0.517. The summed E-state index contributed by atoms with van der Waals surface area (Å²) in [6, 6.07) is 8.19. The largest absolute Gasteiger partial charge is 0.387 e. The zero-order valence-electron chi connectivity index (χ0n) is 13.3. The predicted octanol–water partition coefficient (Wildman–Crippen LogP) is 3.25. The Bertz CT molecular complexity index is 572. The fraction of sp³-hybridized carbons (Fsp3) is 0.471. The zero-order valence-corrected chi connectivity index (χ0v) is 13.3. The third kappa shape index (κ3) is 3.85. The number of nitrogens with zero attached hydrogens (tertiary/aromatic N) is 2. The molecule has 0 saturated carbocycles. The van der Waals surface area contributed by atoms with Crippen molar-refractivity contribution in [2.45, 2.75) is 39.2 Å². The normalized spacial score (nSPS) is 12.7. The summed E-state index contributed by atoms with van der Waals surface area (Å²) in [6.07, 6.45) is 2.31. The zero-order chi connectivity index (χ0) is 15.4. The lowest BCUT2D eigenvalue weighted by Crippen LogP contribution is -2.12. The van der Waals surface area contributed by atoms with Crippen molar-refractivity contribution in [1.29, 1.82) is 0 Å². The van der Waals surface area contributed by atoms with Crippen LogP contribution in [0.4, 0.5) is 5.69 Å². The Morgan fingerprint density at radius 1 is 1.19 bits per heavy atom. The quantitative estimate of drug-likeness (QED) is 0.857. The first-order valence-corrected chi connectivity index (χ1v) is 7.55. The molecule has 1 heterocycles. The molecule has 1 unspecified atom stereocenters. The third-order valence-corrected chi connectivity index (χ3v) is 3.71. The second-order valence-corrected chi connectivity index (χ2v) is 5.73. The van der Waals surface area contributed by atoms with Crippen LogP contribution in [0.5, 0.6) is 0 Å². The van der Waals surface area contributed by atoms with Gasteiger partial charge < -0.3 is 10.4 Å². The fourth-order valence-electron chi connectivity index (χ4n) is 2.37. The Morgan fingerprint density at radius 3 is 2.38 bits per heavy atom. The maximum Gasteiger partial charge on any atom is 0.0962 e. The van der Waals surface area contributed by atoms with E-state index in [1.54, 1.807) is 4.68 Å². The van der Waals surface area contributed by atoms with Gasteiger partial charge in [0.2, 0.25) is 0 Å². The molecule has 0 amide bonds. The van der Waals surface area contributed by atoms with Gasteiger partial charge in [-0.05, 0) is 23.5 Å². The van der Waals surface area contributed by atoms with E-state index in [0.29, 0.717) is 12.5 Å². The Balaban J connectivity index is 1.99. The summed E-state index contributed by atoms with van der Waals surface area (Å²) in [5, 5.41) is 18.0. The first-order valence-electron chi connectivity index (χ1n) is 7.55. The first-order chi connectivity index (χ1) is 10.0. The van der Waals surface area contributed by atoms with Crippen LogP contribution in [0.3, 0.4) is 0 Å². The number of hydrogen-bond donors (Lipinski definition) is 2. The van der Waals surface area contributed by atoms with Gasteiger partial charge in [-0.3, -0.25) is 4.68 Å². The standard InChI is InChI=1S/C17H25N3O/c1-5-15-16(11-20(4)19-15)18-10-17(21)14-8-6-13(7-9-14)12(2)3/h6-9,11-12,17-18,21H,5,10H2,1-4H3. The Hall–Kier alpha value is -1.81. The van der Waals surface area contributed by atoms with Crippen molar-refractivity contribution in [3.63, 3.8) is 0 Å². The van der Waals surface area contributed by atoms with E-state index in [0.717, 1.165) is 23.4 Å². The summed E-state index contributed by atoms with van der Waals surface area (Å²) in [4.78, 5) is 0. The highest BCUT2D eigenvalue weighted by molar-refractivity contribution is 5.46. The predicted molar refractivity (Wildman–Crippen MR) is 86.6 cm³/mol. The number of aromatic nitrogens is 2. The molecular formula is C17H25N3O. The van der Waals surface area contributed by atoms with E-state index in [1.165, 1.54) is 5.56 Å². The number of anilines is 1. The molecule has 21 heavy (non-hydrogen) atoms. The van der Waals surface area contributed by atoms with Crippen molar-refractivity contribution < 1.29 is 5.11 Å². The number of aliphatic hydroxyl groups is 1. The van der Waals surface area contributed by atoms with E-state index in [1.807, 2.05) is 25.4 Å². The summed E-state index contributed by atoms with van der Waals surface area (Å²) >= 11 is 0. The molecule has 2 N–H and O–H groups in total. The molecule has 0 fully saturated rings. The molecule has 1 atom stereocenters. The lowest BCUT2D eigenvalue weighted by Gasteiger charge is -2.14. The number of hydrogen-bond acceptors (Lipinski definition) is 3. The van der Waals surface area contributed by atoms with E-state index in [4.69, 9.17) is 0 Å². The van der Waals surface area contributed by atoms with E-state index in [-0.39, 0.29) is 0 Å². The van der Waals surface area contributed by atoms with Crippen LogP contribution in [0.15, 0.2) is 30.5 Å². The van der Waals surface area contributed by atoms with Crippen molar-refractivity contribution in [1.82, 2.24) is 9.78 Å². The van der Waals surface area contributed by atoms with Gasteiger partial charge in [0.1, 0.15) is 0 Å². The third-order valence-electron chi connectivity index (χ3n) is 3.71. The van der Waals surface area contributed by atoms with Gasteiger partial charge in [0.15, 0.2) is 0 Å². The van der Waals surface area contributed by atoms with Gasteiger partial charge in [-0.2, -0.15) is 5.10 Å². The van der Waals surface area contributed by atoms with Crippen LogP contribution in [0.25, 0.3) is 0 Å². The van der Waals surface area contributed by atoms with Gasteiger partial charge in [0, 0.05) is 19.8 Å². The van der Waals surface area contributed by atoms with Crippen LogP contribution in [0.1, 0.15) is 49.6 Å². The molecule has 4 nitrogen and oxygen atoms in total. The fourth-order valence-corrected chi connectivity index (χ4v) is 2.37. The summed E-state index contributed by atoms with van der Waals surface area (Å²) < 4.78 is 1.80. The highest BCUT2D eigenvalue weighted by atomic mass is 16.3. The van der Waals surface area contributed by atoms with Crippen molar-refractivity contribution in [3.8, 4) is 0 Å². The second-order valence-electron chi connectivity index (χ2n) is 5.73. The van der Waals surface area contributed by atoms with Crippen LogP contribution in [0, 0.1) is 0 Å². The van der Waals surface area contributed by atoms with Crippen LogP contribution in [-0.4, -0.2) is 21.4 Å². The summed E-state index contributed by atoms with van der Waals surface area (Å²) in [6.45, 7) is 6.90. The second kappa shape index (κ2) is 6.76. The molecule has 0 aliphatic carbocycles. The smallest absolute Gasteiger partial charge is 0.0962 e. The van der Waals surface area contributed by atoms with Crippen LogP contribution >= 0.6 is 0 Å². The van der Waals surface area contributed by atoms with Crippen LogP contribution < -0.4 is 5.32 Å². The molecule has 0 aliphatic rings. The van der Waals surface area contributed by atoms with Crippen molar-refractivity contribution in [2.75, 3.05) is 11.9 Å². The van der Waals surface area contributed by atoms with E-state index in [2.05, 4.69) is 43.3 Å². The van der Waals surface area contributed by atoms with Gasteiger partial charge in [0.05, 0.1) is 17.5 Å². The van der Waals surface area contributed by atoms with Gasteiger partial charge in [-0.15, -0.1) is 0 Å². The van der Waals surface area contributed by atoms with Crippen molar-refractivity contribution >= 4 is 5.69 Å². The number of rotatable bonds is 6. The molecule has 114 valence electrons. The van der Waals surface area contributed by atoms with Gasteiger partial charge in [0.25, 0.3) is 0 Å². The van der Waals surface area contributed by atoms with Gasteiger partial charge >= 0.3 is 0 Å². The minimum Gasteiger partial charge on any atom is -0.387 e. The SMILES string of the molecule is CCc1nn(C)cc1NCC(O)c1ccc(C(C)C)cc1. The Morgan fingerprint density at radius 2 is 1.81 bits per heavy atom. The molecule has 4 heteroatoms. The number of benzene rings is 1. The molecule has 0 radical (unpaired) electrons. The molecule has 2 rings (SSSR count). The number of nitrogens with one attached hydrogen (secondary N) is 1. The molecule has 2 aromatic rings. The Kier molecular flexibility index (Phi) is 5.02. The first kappa shape index (κ1) is 15.6. The molecular weight excluding hydrogens is 262 g/mol.